The van der Waals surface area contributed by atoms with E-state index in [2.05, 4.69) is 0 Å². The van der Waals surface area contributed by atoms with Crippen LogP contribution >= 0.6 is 0 Å². The Morgan fingerprint density at radius 3 is 0.250 bits per heavy atom. The monoisotopic (exact) mass is 386 g/mol. The zero-order valence-corrected chi connectivity index (χ0v) is 11.4. The molecule has 12 N–H and O–H groups in total. The molecule has 0 atom stereocenters. The smallest absolute Gasteiger partial charge is 0 e. The van der Waals surface area contributed by atoms with Crippen LogP contribution in [0.15, 0.2) is 0 Å². The van der Waals surface area contributed by atoms with E-state index in [-0.39, 0.29) is 104 Å². The number of hydrogen-bond acceptors (Lipinski definition) is 0. The van der Waals surface area contributed by atoms with Crippen molar-refractivity contribution >= 4 is 0 Å². The Morgan fingerprint density at radius 2 is 0.250 bits per heavy atom. The third-order valence-corrected chi connectivity index (χ3v) is 0. The third-order valence-electron chi connectivity index (χ3n) is 0. The van der Waals surface area contributed by atoms with Crippen LogP contribution < -0.4 is 0 Å². The topological polar surface area (TPSA) is 189 Å². The number of hydrogen-bond donors (Lipinski definition) is 0. The average Bonchev–Trinajstić information content (AvgIpc) is 0. The molecule has 0 aromatic heterocycles. The molecular weight excluding hydrogens is 374 g/mol. The molecule has 0 aliphatic rings. The van der Waals surface area contributed by atoms with Gasteiger partial charge in [-0.15, -0.1) is 0 Å². The summed E-state index contributed by atoms with van der Waals surface area (Å²) in [5.74, 6) is 0. The van der Waals surface area contributed by atoms with E-state index in [1.54, 1.807) is 0 Å². The van der Waals surface area contributed by atoms with E-state index < -0.39 is 0 Å². The molecule has 0 saturated heterocycles. The summed E-state index contributed by atoms with van der Waals surface area (Å²) in [6.07, 6.45) is 0. The van der Waals surface area contributed by atoms with Gasteiger partial charge in [0.1, 0.15) is 0 Å². The van der Waals surface area contributed by atoms with Crippen LogP contribution in [0.25, 0.3) is 0 Å². The van der Waals surface area contributed by atoms with Crippen LogP contribution in [-0.4, -0.2) is 32.9 Å². The normalized spacial score (nSPS) is 0. The maximum absolute atomic E-state index is 0. The van der Waals surface area contributed by atoms with Gasteiger partial charge in [-0.3, -0.25) is 0 Å². The second-order valence-electron chi connectivity index (χ2n) is 0. The van der Waals surface area contributed by atoms with E-state index in [0.717, 1.165) is 0 Å². The van der Waals surface area contributed by atoms with E-state index in [1.165, 1.54) is 0 Å². The van der Waals surface area contributed by atoms with Crippen molar-refractivity contribution in [3.63, 3.8) is 0 Å². The average molecular weight is 386 g/mol. The molecule has 0 unspecified atom stereocenters. The molecule has 6 nitrogen and oxygen atoms in total. The van der Waals surface area contributed by atoms with Gasteiger partial charge >= 0.3 is 0 Å². The molecule has 0 spiro atoms. The zero-order chi connectivity index (χ0) is 0. The molecule has 2 radical (unpaired) electrons. The summed E-state index contributed by atoms with van der Waals surface area (Å²) in [4.78, 5) is 0. The van der Waals surface area contributed by atoms with Crippen LogP contribution in [0, 0.1) is 71.2 Å². The molecule has 0 rings (SSSR count). The molecule has 8 heteroatoms. The fraction of sp³-hybridized carbons (Fsp3) is 0. The Kier molecular flexibility index (Phi) is 3020. The van der Waals surface area contributed by atoms with Crippen LogP contribution in [0.5, 0.6) is 0 Å². The van der Waals surface area contributed by atoms with Crippen LogP contribution in [-0.2, 0) is 0 Å². The van der Waals surface area contributed by atoms with Crippen molar-refractivity contribution in [3.8, 4) is 0 Å². The van der Waals surface area contributed by atoms with E-state index in [9.17, 15) is 0 Å². The fourth-order valence-electron chi connectivity index (χ4n) is 0. The summed E-state index contributed by atoms with van der Waals surface area (Å²) in [6.45, 7) is 0. The molecule has 54 valence electrons. The summed E-state index contributed by atoms with van der Waals surface area (Å²) < 4.78 is 0. The van der Waals surface area contributed by atoms with Gasteiger partial charge in [-0.05, 0) is 0 Å². The fourth-order valence-corrected chi connectivity index (χ4v) is 0. The van der Waals surface area contributed by atoms with Gasteiger partial charge in [-0.1, -0.05) is 0 Å². The van der Waals surface area contributed by atoms with E-state index >= 15 is 0 Å². The molecule has 0 heterocycles. The summed E-state index contributed by atoms with van der Waals surface area (Å²) >= 11 is 0. The Bertz CT molecular complexity index is 6.49. The molecule has 0 aliphatic heterocycles. The minimum Gasteiger partial charge on any atom is -0.412 e. The molecule has 0 aliphatic carbocycles. The first kappa shape index (κ1) is 184. The van der Waals surface area contributed by atoms with Gasteiger partial charge in [0, 0.05) is 71.2 Å². The minimum absolute atomic E-state index is 0. The van der Waals surface area contributed by atoms with E-state index in [0.29, 0.717) is 0 Å². The quantitative estimate of drug-likeness (QED) is 0.386. The van der Waals surface area contributed by atoms with Gasteiger partial charge in [-0.2, -0.15) is 0 Å². The molecule has 8 heavy (non-hydrogen) atoms. The zero-order valence-electron chi connectivity index (χ0n) is 4.15. The maximum atomic E-state index is 0. The molecule has 0 saturated carbocycles. The minimum atomic E-state index is 0. The van der Waals surface area contributed by atoms with Crippen molar-refractivity contribution in [2.75, 3.05) is 0 Å². The predicted octanol–water partition coefficient (Wildman–Crippen LogP) is -4.95. The van der Waals surface area contributed by atoms with E-state index in [1.807, 2.05) is 0 Å². The summed E-state index contributed by atoms with van der Waals surface area (Å²) in [7, 11) is 0. The van der Waals surface area contributed by atoms with Crippen molar-refractivity contribution in [2.24, 2.45) is 0 Å². The first-order chi connectivity index (χ1) is 0. The Hall–Kier alpha value is 2.15. The molecule has 0 amide bonds. The Balaban J connectivity index is 0. The SMILES string of the molecule is O.O.O.O.O.O.[La].[La]. The first-order valence-corrected chi connectivity index (χ1v) is 0. The van der Waals surface area contributed by atoms with Crippen LogP contribution in [0.2, 0.25) is 0 Å². The largest absolute Gasteiger partial charge is 0.412 e. The van der Waals surface area contributed by atoms with Crippen LogP contribution in [0.3, 0.4) is 0 Å². The van der Waals surface area contributed by atoms with Gasteiger partial charge in [0.2, 0.25) is 0 Å². The molecular formula is H12La2O6. The summed E-state index contributed by atoms with van der Waals surface area (Å²) in [5.41, 5.74) is 0. The van der Waals surface area contributed by atoms with Crippen molar-refractivity contribution in [1.29, 1.82) is 0 Å². The van der Waals surface area contributed by atoms with Gasteiger partial charge in [0.15, 0.2) is 0 Å². The number of rotatable bonds is 0. The van der Waals surface area contributed by atoms with Crippen molar-refractivity contribution in [1.82, 2.24) is 0 Å². The second kappa shape index (κ2) is 132. The van der Waals surface area contributed by atoms with Gasteiger partial charge < -0.3 is 32.9 Å². The molecule has 0 aromatic rings. The Labute approximate surface area is 102 Å². The van der Waals surface area contributed by atoms with Gasteiger partial charge in [0.05, 0.1) is 0 Å². The van der Waals surface area contributed by atoms with Crippen molar-refractivity contribution in [3.05, 3.63) is 0 Å². The van der Waals surface area contributed by atoms with Gasteiger partial charge in [0.25, 0.3) is 0 Å². The molecule has 0 bridgehead atoms. The second-order valence-corrected chi connectivity index (χ2v) is 0. The standard InChI is InChI=1S/2La.6H2O/h;;6*1H2. The van der Waals surface area contributed by atoms with Crippen molar-refractivity contribution < 1.29 is 104 Å². The maximum Gasteiger partial charge on any atom is 0 e. The summed E-state index contributed by atoms with van der Waals surface area (Å²) in [6, 6.07) is 0. The molecule has 0 fully saturated rings. The first-order valence-electron chi connectivity index (χ1n) is 0. The third kappa shape index (κ3) is 90.2. The van der Waals surface area contributed by atoms with Gasteiger partial charge in [-0.25, -0.2) is 0 Å². The summed E-state index contributed by atoms with van der Waals surface area (Å²) in [5, 5.41) is 0. The Morgan fingerprint density at radius 1 is 0.250 bits per heavy atom. The van der Waals surface area contributed by atoms with Crippen LogP contribution in [0.4, 0.5) is 0 Å². The van der Waals surface area contributed by atoms with Crippen molar-refractivity contribution in [2.45, 2.75) is 0 Å². The predicted molar refractivity (Wildman–Crippen MR) is 21.7 cm³/mol. The van der Waals surface area contributed by atoms with Crippen LogP contribution in [0.1, 0.15) is 0 Å². The molecule has 0 aromatic carbocycles. The van der Waals surface area contributed by atoms with E-state index in [4.69, 9.17) is 0 Å².